The lowest BCUT2D eigenvalue weighted by atomic mass is 10.0. The van der Waals surface area contributed by atoms with Crippen molar-refractivity contribution in [2.45, 2.75) is 95.9 Å². The predicted octanol–water partition coefficient (Wildman–Crippen LogP) is 5.64. The second-order valence-corrected chi connectivity index (χ2v) is 18.1. The van der Waals surface area contributed by atoms with Crippen LogP contribution in [0.3, 0.4) is 0 Å². The summed E-state index contributed by atoms with van der Waals surface area (Å²) in [6, 6.07) is 21.7. The number of imide groups is 2. The van der Waals surface area contributed by atoms with Gasteiger partial charge in [0.2, 0.25) is 11.8 Å². The number of nitrogen functional groups attached to an aromatic ring is 1. The number of ether oxygens (including phenoxy) is 1. The molecule has 356 valence electrons. The van der Waals surface area contributed by atoms with E-state index in [1.165, 1.54) is 43.5 Å². The molecule has 2 unspecified atom stereocenters. The number of hydrogen-bond donors (Lipinski definition) is 4. The van der Waals surface area contributed by atoms with Crippen molar-refractivity contribution in [3.63, 3.8) is 0 Å². The Bertz CT molecular complexity index is 2600. The summed E-state index contributed by atoms with van der Waals surface area (Å²) in [7, 11) is 0. The molecular weight excluding hydrogens is 865 g/mol. The topological polar surface area (TPSA) is 217 Å². The Morgan fingerprint density at radius 2 is 1.47 bits per heavy atom. The Hall–Kier alpha value is -7.08. The van der Waals surface area contributed by atoms with Crippen molar-refractivity contribution in [2.24, 2.45) is 0 Å². The van der Waals surface area contributed by atoms with Gasteiger partial charge in [0, 0.05) is 74.4 Å². The van der Waals surface area contributed by atoms with Crippen molar-refractivity contribution in [3.05, 3.63) is 95.8 Å². The number of para-hydroxylation sites is 1. The first-order chi connectivity index (χ1) is 33.2. The second kappa shape index (κ2) is 21.3. The fourth-order valence-electron chi connectivity index (χ4n) is 9.72. The predicted molar refractivity (Wildman–Crippen MR) is 257 cm³/mol. The number of amides is 4. The Kier molecular flexibility index (Phi) is 14.4. The Balaban J connectivity index is 0.627. The van der Waals surface area contributed by atoms with Gasteiger partial charge in [0.05, 0.1) is 30.4 Å². The minimum atomic E-state index is -1.01. The maximum Gasteiger partial charge on any atom is 0.264 e. The zero-order valence-corrected chi connectivity index (χ0v) is 38.4. The highest BCUT2D eigenvalue weighted by Crippen LogP contribution is 2.34. The van der Waals surface area contributed by atoms with E-state index in [1.807, 2.05) is 16.9 Å². The summed E-state index contributed by atoms with van der Waals surface area (Å²) in [4.78, 5) is 59.1. The fourth-order valence-corrected chi connectivity index (χ4v) is 9.72. The lowest BCUT2D eigenvalue weighted by Gasteiger charge is -2.37. The van der Waals surface area contributed by atoms with Gasteiger partial charge in [0.1, 0.15) is 29.3 Å². The summed E-state index contributed by atoms with van der Waals surface area (Å²) in [5.41, 5.74) is 11.4. The molecule has 2 atom stereocenters. The molecule has 5 N–H and O–H groups in total. The standard InChI is InChI=1S/C50H60N12O6/c51-47-44(30-41(55-56-47)38-13-6-7-16-43(38)63)68-37-12-11-24-60(33-37)36-19-17-35(18-20-36)59-28-26-58(27-29-59)23-8-4-2-1-3-5-9-25-61-32-34(54-57-61)31-52-40-15-10-14-39-46(40)50(67)62(49(39)66)42-21-22-45(64)53-48(42)65/h6-7,10,13-20,30,32,37,42,52,63H,1-5,8-9,11-12,21-29,31,33H2,(H2,51,56)(H,53,64,65). The number of unbranched alkanes of at least 4 members (excludes halogenated alkanes) is 6. The van der Waals surface area contributed by atoms with Crippen LogP contribution in [-0.2, 0) is 22.7 Å². The number of rotatable bonds is 19. The number of piperidine rings is 2. The van der Waals surface area contributed by atoms with Gasteiger partial charge >= 0.3 is 0 Å². The third kappa shape index (κ3) is 10.7. The molecule has 3 aromatic carbocycles. The van der Waals surface area contributed by atoms with Gasteiger partial charge < -0.3 is 30.7 Å². The maximum absolute atomic E-state index is 13.4. The number of piperazine rings is 1. The van der Waals surface area contributed by atoms with Crippen LogP contribution in [0.4, 0.5) is 22.9 Å². The molecule has 18 heteroatoms. The normalized spacial score (nSPS) is 18.8. The molecule has 9 rings (SSSR count). The number of nitrogens with one attached hydrogen (secondary N) is 2. The highest BCUT2D eigenvalue weighted by molar-refractivity contribution is 6.25. The third-order valence-corrected chi connectivity index (χ3v) is 13.5. The van der Waals surface area contributed by atoms with E-state index in [0.717, 1.165) is 82.9 Å². The van der Waals surface area contributed by atoms with Crippen LogP contribution in [0.15, 0.2) is 79.0 Å². The van der Waals surface area contributed by atoms with Crippen molar-refractivity contribution < 1.29 is 29.0 Å². The van der Waals surface area contributed by atoms with Gasteiger partial charge in [0.25, 0.3) is 11.8 Å². The largest absolute Gasteiger partial charge is 0.507 e. The SMILES string of the molecule is Nc1nnc(-c2ccccc2O)cc1OC1CCCN(c2ccc(N3CCN(CCCCCCCCCn4cc(CNc5cccc6c5C(=O)N(C5CCC(=O)NC5=O)C6=O)nn4)CC3)cc2)C1. The zero-order valence-electron chi connectivity index (χ0n) is 38.4. The molecule has 68 heavy (non-hydrogen) atoms. The summed E-state index contributed by atoms with van der Waals surface area (Å²) in [5, 5.41) is 32.7. The van der Waals surface area contributed by atoms with E-state index < -0.39 is 29.7 Å². The molecule has 0 spiro atoms. The van der Waals surface area contributed by atoms with Gasteiger partial charge in [0.15, 0.2) is 11.6 Å². The number of nitrogens with two attached hydrogens (primary N) is 1. The first-order valence-electron chi connectivity index (χ1n) is 24.1. The Morgan fingerprint density at radius 1 is 0.750 bits per heavy atom. The van der Waals surface area contributed by atoms with E-state index in [2.05, 4.69) is 70.1 Å². The Labute approximate surface area is 395 Å². The van der Waals surface area contributed by atoms with Crippen molar-refractivity contribution in [3.8, 4) is 22.8 Å². The highest BCUT2D eigenvalue weighted by Gasteiger charge is 2.45. The number of phenolic OH excluding ortho intramolecular Hbond substituents is 1. The number of hydrogen-bond acceptors (Lipinski definition) is 15. The molecule has 4 aliphatic rings. The van der Waals surface area contributed by atoms with Gasteiger partial charge in [-0.15, -0.1) is 15.3 Å². The van der Waals surface area contributed by atoms with Crippen molar-refractivity contribution in [1.29, 1.82) is 0 Å². The first kappa shape index (κ1) is 46.0. The number of aromatic hydroxyl groups is 1. The molecule has 2 aromatic heterocycles. The lowest BCUT2D eigenvalue weighted by molar-refractivity contribution is -0.136. The summed E-state index contributed by atoms with van der Waals surface area (Å²) < 4.78 is 8.24. The van der Waals surface area contributed by atoms with E-state index in [-0.39, 0.29) is 41.6 Å². The van der Waals surface area contributed by atoms with Gasteiger partial charge in [-0.05, 0) is 87.2 Å². The minimum Gasteiger partial charge on any atom is -0.507 e. The molecule has 0 saturated carbocycles. The number of nitrogens with zero attached hydrogens (tertiary/aromatic N) is 9. The number of phenols is 1. The molecule has 3 fully saturated rings. The van der Waals surface area contributed by atoms with E-state index in [0.29, 0.717) is 34.9 Å². The quantitative estimate of drug-likeness (QED) is 0.0583. The lowest BCUT2D eigenvalue weighted by Crippen LogP contribution is -2.54. The molecular formula is C50H60N12O6. The van der Waals surface area contributed by atoms with Crippen molar-refractivity contribution >= 4 is 46.5 Å². The third-order valence-electron chi connectivity index (χ3n) is 13.5. The smallest absolute Gasteiger partial charge is 0.264 e. The summed E-state index contributed by atoms with van der Waals surface area (Å²) >= 11 is 0. The number of carbonyl (C=O) groups excluding carboxylic acids is 4. The minimum absolute atomic E-state index is 0.0500. The molecule has 4 aliphatic heterocycles. The van der Waals surface area contributed by atoms with Crippen LogP contribution < -0.4 is 30.9 Å². The molecule has 4 amide bonds. The average molecular weight is 925 g/mol. The fraction of sp³-hybridized carbons (Fsp3) is 0.440. The van der Waals surface area contributed by atoms with Gasteiger partial charge in [-0.1, -0.05) is 55.5 Å². The molecule has 3 saturated heterocycles. The number of aromatic nitrogens is 5. The number of benzene rings is 3. The number of carbonyl (C=O) groups is 4. The van der Waals surface area contributed by atoms with E-state index >= 15 is 0 Å². The van der Waals surface area contributed by atoms with E-state index in [9.17, 15) is 24.3 Å². The van der Waals surface area contributed by atoms with Crippen LogP contribution in [0, 0.1) is 0 Å². The van der Waals surface area contributed by atoms with Crippen LogP contribution >= 0.6 is 0 Å². The van der Waals surface area contributed by atoms with Gasteiger partial charge in [-0.2, -0.15) is 0 Å². The zero-order chi connectivity index (χ0) is 47.0. The maximum atomic E-state index is 13.4. The molecule has 0 radical (unpaired) electrons. The molecule has 5 aromatic rings. The molecule has 0 aliphatic carbocycles. The van der Waals surface area contributed by atoms with Crippen LogP contribution in [-0.4, -0.2) is 122 Å². The van der Waals surface area contributed by atoms with Crippen molar-refractivity contribution in [2.75, 3.05) is 66.7 Å². The van der Waals surface area contributed by atoms with Crippen molar-refractivity contribution in [1.82, 2.24) is 40.3 Å². The molecule has 6 heterocycles. The number of anilines is 4. The first-order valence-corrected chi connectivity index (χ1v) is 24.1. The molecule has 0 bridgehead atoms. The van der Waals surface area contributed by atoms with E-state index in [1.54, 1.807) is 42.5 Å². The Morgan fingerprint density at radius 3 is 2.24 bits per heavy atom. The number of fused-ring (bicyclic) bond motifs is 1. The van der Waals surface area contributed by atoms with Crippen LogP contribution in [0.25, 0.3) is 11.3 Å². The van der Waals surface area contributed by atoms with Gasteiger partial charge in [-0.3, -0.25) is 39.0 Å². The average Bonchev–Trinajstić information content (AvgIpc) is 3.92. The highest BCUT2D eigenvalue weighted by atomic mass is 16.5. The second-order valence-electron chi connectivity index (χ2n) is 18.1. The number of aryl methyl sites for hydroxylation is 1. The summed E-state index contributed by atoms with van der Waals surface area (Å²) in [6.45, 7) is 8.15. The summed E-state index contributed by atoms with van der Waals surface area (Å²) in [6.07, 6.45) is 12.2. The monoisotopic (exact) mass is 924 g/mol. The summed E-state index contributed by atoms with van der Waals surface area (Å²) in [5.74, 6) is -1.27. The van der Waals surface area contributed by atoms with Crippen LogP contribution in [0.2, 0.25) is 0 Å². The molecule has 18 nitrogen and oxygen atoms in total. The van der Waals surface area contributed by atoms with E-state index in [4.69, 9.17) is 10.5 Å². The van der Waals surface area contributed by atoms with Crippen LogP contribution in [0.1, 0.15) is 97.0 Å². The van der Waals surface area contributed by atoms with Crippen LogP contribution in [0.5, 0.6) is 11.5 Å². The van der Waals surface area contributed by atoms with Gasteiger partial charge in [-0.25, -0.2) is 0 Å².